The molecule has 1 saturated heterocycles. The van der Waals surface area contributed by atoms with Gasteiger partial charge in [0.25, 0.3) is 5.91 Å². The van der Waals surface area contributed by atoms with Gasteiger partial charge in [0, 0.05) is 23.6 Å². The number of rotatable bonds is 7. The van der Waals surface area contributed by atoms with E-state index in [9.17, 15) is 4.79 Å². The molecule has 1 fully saturated rings. The summed E-state index contributed by atoms with van der Waals surface area (Å²) in [7, 11) is 0. The van der Waals surface area contributed by atoms with Gasteiger partial charge in [-0.25, -0.2) is 4.98 Å². The van der Waals surface area contributed by atoms with Crippen LogP contribution in [-0.2, 0) is 11.2 Å². The molecule has 1 aliphatic rings. The number of unbranched alkanes of at least 4 members (excludes halogenated alkanes) is 1. The Morgan fingerprint density at radius 3 is 2.84 bits per heavy atom. The quantitative estimate of drug-likeness (QED) is 0.289. The molecular formula is C20H16Cl2N6OS2. The van der Waals surface area contributed by atoms with E-state index in [2.05, 4.69) is 25.6 Å². The van der Waals surface area contributed by atoms with Gasteiger partial charge in [0.05, 0.1) is 21.3 Å². The molecule has 0 spiro atoms. The van der Waals surface area contributed by atoms with Gasteiger partial charge in [-0.15, -0.1) is 10.2 Å². The molecular weight excluding hydrogens is 475 g/mol. The van der Waals surface area contributed by atoms with Crippen molar-refractivity contribution in [3.05, 3.63) is 62.9 Å². The van der Waals surface area contributed by atoms with Crippen molar-refractivity contribution >= 4 is 63.5 Å². The lowest BCUT2D eigenvalue weighted by Gasteiger charge is -2.13. The van der Waals surface area contributed by atoms with Crippen molar-refractivity contribution in [2.75, 3.05) is 6.54 Å². The molecule has 1 amide bonds. The molecule has 1 N–H and O–H groups in total. The van der Waals surface area contributed by atoms with Crippen LogP contribution in [0.1, 0.15) is 24.4 Å². The summed E-state index contributed by atoms with van der Waals surface area (Å²) in [5, 5.41) is 14.9. The number of nitrogens with zero attached hydrogens (tertiary/aromatic N) is 5. The summed E-state index contributed by atoms with van der Waals surface area (Å²) < 4.78 is 0.549. The van der Waals surface area contributed by atoms with Crippen molar-refractivity contribution in [3.8, 4) is 11.3 Å². The molecule has 7 nitrogen and oxygen atoms in total. The van der Waals surface area contributed by atoms with E-state index in [1.165, 1.54) is 11.8 Å². The fraction of sp³-hybridized carbons (Fsp3) is 0.200. The molecule has 0 saturated carbocycles. The molecule has 3 heterocycles. The highest BCUT2D eigenvalue weighted by molar-refractivity contribution is 8.26. The van der Waals surface area contributed by atoms with Crippen molar-refractivity contribution in [1.29, 1.82) is 0 Å². The molecule has 0 unspecified atom stereocenters. The zero-order valence-corrected chi connectivity index (χ0v) is 19.2. The first-order valence-electron chi connectivity index (χ1n) is 9.41. The summed E-state index contributed by atoms with van der Waals surface area (Å²) >= 11 is 19.0. The number of H-pyrrole nitrogens is 1. The van der Waals surface area contributed by atoms with Gasteiger partial charge in [0.15, 0.2) is 5.82 Å². The predicted octanol–water partition coefficient (Wildman–Crippen LogP) is 4.79. The fourth-order valence-corrected chi connectivity index (χ4v) is 4.85. The zero-order chi connectivity index (χ0) is 21.8. The maximum absolute atomic E-state index is 12.8. The molecule has 1 aromatic carbocycles. The standard InChI is InChI=1S/C20H16Cl2N6OS2/c21-12-7-8-14(15(22)10-12)16-5-3-4-13(23-16)11-17-19(29)28(20(30)31-17)9-2-1-6-18-24-26-27-25-18/h3-5,7-8,10-11H,1-2,6,9H2,(H,24,25,26,27). The second-order valence-electron chi connectivity index (χ2n) is 6.69. The number of amides is 1. The maximum Gasteiger partial charge on any atom is 0.266 e. The number of aromatic amines is 1. The van der Waals surface area contributed by atoms with Gasteiger partial charge >= 0.3 is 0 Å². The number of hydrogen-bond acceptors (Lipinski definition) is 7. The zero-order valence-electron chi connectivity index (χ0n) is 16.1. The smallest absolute Gasteiger partial charge is 0.266 e. The first-order chi connectivity index (χ1) is 15.0. The Labute approximate surface area is 198 Å². The van der Waals surface area contributed by atoms with Gasteiger partial charge in [-0.3, -0.25) is 9.69 Å². The van der Waals surface area contributed by atoms with E-state index in [-0.39, 0.29) is 5.91 Å². The average Bonchev–Trinajstić information content (AvgIpc) is 3.35. The summed E-state index contributed by atoms with van der Waals surface area (Å²) in [4.78, 5) is 19.6. The van der Waals surface area contributed by atoms with E-state index in [1.54, 1.807) is 23.1 Å². The van der Waals surface area contributed by atoms with E-state index in [1.807, 2.05) is 24.3 Å². The fourth-order valence-electron chi connectivity index (χ4n) is 3.05. The summed E-state index contributed by atoms with van der Waals surface area (Å²) in [6, 6.07) is 10.8. The molecule has 0 bridgehead atoms. The van der Waals surface area contributed by atoms with Crippen LogP contribution in [0.5, 0.6) is 0 Å². The predicted molar refractivity (Wildman–Crippen MR) is 127 cm³/mol. The van der Waals surface area contributed by atoms with Crippen LogP contribution in [-0.4, -0.2) is 47.3 Å². The van der Waals surface area contributed by atoms with Gasteiger partial charge in [-0.05, 0) is 49.2 Å². The average molecular weight is 491 g/mol. The lowest BCUT2D eigenvalue weighted by Crippen LogP contribution is -2.29. The first-order valence-corrected chi connectivity index (χ1v) is 11.4. The van der Waals surface area contributed by atoms with Crippen molar-refractivity contribution in [1.82, 2.24) is 30.5 Å². The molecule has 0 aliphatic carbocycles. The van der Waals surface area contributed by atoms with Crippen LogP contribution in [0, 0.1) is 0 Å². The Morgan fingerprint density at radius 1 is 1.19 bits per heavy atom. The van der Waals surface area contributed by atoms with Gasteiger partial charge in [-0.2, -0.15) is 5.21 Å². The van der Waals surface area contributed by atoms with Crippen LogP contribution in [0.15, 0.2) is 41.3 Å². The van der Waals surface area contributed by atoms with Gasteiger partial charge < -0.3 is 0 Å². The Balaban J connectivity index is 1.44. The van der Waals surface area contributed by atoms with Crippen LogP contribution >= 0.6 is 47.2 Å². The van der Waals surface area contributed by atoms with Crippen LogP contribution < -0.4 is 0 Å². The lowest BCUT2D eigenvalue weighted by molar-refractivity contribution is -0.122. The molecule has 0 radical (unpaired) electrons. The van der Waals surface area contributed by atoms with E-state index in [0.29, 0.717) is 49.4 Å². The molecule has 3 aromatic rings. The molecule has 4 rings (SSSR count). The third kappa shape index (κ3) is 5.30. The number of thioether (sulfide) groups is 1. The molecule has 0 atom stereocenters. The minimum Gasteiger partial charge on any atom is -0.293 e. The lowest BCUT2D eigenvalue weighted by atomic mass is 10.1. The number of benzene rings is 1. The van der Waals surface area contributed by atoms with Crippen LogP contribution in [0.2, 0.25) is 10.0 Å². The minimum atomic E-state index is -0.105. The van der Waals surface area contributed by atoms with Crippen molar-refractivity contribution < 1.29 is 4.79 Å². The summed E-state index contributed by atoms with van der Waals surface area (Å²) in [6.45, 7) is 0.549. The summed E-state index contributed by atoms with van der Waals surface area (Å²) in [6.07, 6.45) is 4.08. The number of nitrogens with one attached hydrogen (secondary N) is 1. The van der Waals surface area contributed by atoms with E-state index in [4.69, 9.17) is 35.4 Å². The van der Waals surface area contributed by atoms with Crippen molar-refractivity contribution in [2.45, 2.75) is 19.3 Å². The first kappa shape index (κ1) is 21.9. The monoisotopic (exact) mass is 490 g/mol. The number of hydrogen-bond donors (Lipinski definition) is 1. The van der Waals surface area contributed by atoms with Crippen LogP contribution in [0.25, 0.3) is 17.3 Å². The van der Waals surface area contributed by atoms with Crippen LogP contribution in [0.3, 0.4) is 0 Å². The number of halogens is 2. The second kappa shape index (κ2) is 9.86. The Morgan fingerprint density at radius 2 is 2.06 bits per heavy atom. The molecule has 2 aromatic heterocycles. The van der Waals surface area contributed by atoms with E-state index < -0.39 is 0 Å². The molecule has 1 aliphatic heterocycles. The highest BCUT2D eigenvalue weighted by atomic mass is 35.5. The van der Waals surface area contributed by atoms with E-state index in [0.717, 1.165) is 18.4 Å². The highest BCUT2D eigenvalue weighted by Gasteiger charge is 2.31. The number of tetrazole rings is 1. The van der Waals surface area contributed by atoms with Crippen molar-refractivity contribution in [3.63, 3.8) is 0 Å². The number of aromatic nitrogens is 5. The minimum absolute atomic E-state index is 0.105. The van der Waals surface area contributed by atoms with Crippen LogP contribution in [0.4, 0.5) is 0 Å². The topological polar surface area (TPSA) is 87.7 Å². The number of thiocarbonyl (C=S) groups is 1. The SMILES string of the molecule is O=C1C(=Cc2cccc(-c3ccc(Cl)cc3Cl)n2)SC(=S)N1CCCCc1nn[nH]n1. The maximum atomic E-state index is 12.8. The molecule has 31 heavy (non-hydrogen) atoms. The van der Waals surface area contributed by atoms with Gasteiger partial charge in [0.2, 0.25) is 0 Å². The van der Waals surface area contributed by atoms with Crippen molar-refractivity contribution in [2.24, 2.45) is 0 Å². The number of aryl methyl sites for hydroxylation is 1. The highest BCUT2D eigenvalue weighted by Crippen LogP contribution is 2.33. The number of carbonyl (C=O) groups is 1. The largest absolute Gasteiger partial charge is 0.293 e. The van der Waals surface area contributed by atoms with E-state index >= 15 is 0 Å². The summed E-state index contributed by atoms with van der Waals surface area (Å²) in [5.74, 6) is 0.559. The normalized spacial score (nSPS) is 15.3. The molecule has 158 valence electrons. The summed E-state index contributed by atoms with van der Waals surface area (Å²) in [5.41, 5.74) is 2.13. The third-order valence-corrected chi connectivity index (χ3v) is 6.48. The third-order valence-electron chi connectivity index (χ3n) is 4.55. The Hall–Kier alpha value is -2.33. The second-order valence-corrected chi connectivity index (χ2v) is 9.21. The molecule has 11 heteroatoms. The number of carbonyl (C=O) groups excluding carboxylic acids is 1. The Kier molecular flexibility index (Phi) is 6.96. The van der Waals surface area contributed by atoms with Gasteiger partial charge in [0.1, 0.15) is 4.32 Å². The van der Waals surface area contributed by atoms with Gasteiger partial charge in [-0.1, -0.05) is 58.5 Å². The Bertz CT molecular complexity index is 1150. The number of pyridine rings is 1.